The molecule has 1 aromatic carbocycles. The maximum absolute atomic E-state index is 12.5. The molecule has 2 heterocycles. The molecular weight excluding hydrogens is 404 g/mol. The van der Waals surface area contributed by atoms with Gasteiger partial charge in [-0.25, -0.2) is 4.98 Å². The number of carbonyl (C=O) groups excluding carboxylic acids is 1. The van der Waals surface area contributed by atoms with Crippen LogP contribution < -0.4 is 10.2 Å². The fourth-order valence-corrected chi connectivity index (χ4v) is 4.11. The van der Waals surface area contributed by atoms with Crippen LogP contribution in [0.15, 0.2) is 47.1 Å². The number of hydrogen-bond donors (Lipinski definition) is 1. The van der Waals surface area contributed by atoms with Crippen molar-refractivity contribution in [3.05, 3.63) is 58.2 Å². The van der Waals surface area contributed by atoms with E-state index >= 15 is 0 Å². The molecule has 0 spiro atoms. The van der Waals surface area contributed by atoms with Gasteiger partial charge in [0.15, 0.2) is 0 Å². The Labute approximate surface area is 168 Å². The molecule has 2 aliphatic rings. The first-order valence-corrected chi connectivity index (χ1v) is 10.3. The molecule has 1 N–H and O–H groups in total. The molecule has 1 aliphatic carbocycles. The van der Waals surface area contributed by atoms with Crippen molar-refractivity contribution in [2.75, 3.05) is 38.1 Å². The molecule has 1 saturated carbocycles. The lowest BCUT2D eigenvalue weighted by Gasteiger charge is -2.33. The standard InChI is InChI=1S/C21H25BrN4O/c1-25-7-9-26(10-8-25)20-11-15(5-6-23-20)14-24-21(27)19-13-18(19)16-3-2-4-17(22)12-16/h2-6,11-12,18-19H,7-10,13-14H2,1H3,(H,24,27). The summed E-state index contributed by atoms with van der Waals surface area (Å²) < 4.78 is 1.07. The summed E-state index contributed by atoms with van der Waals surface area (Å²) in [4.78, 5) is 21.7. The van der Waals surface area contributed by atoms with Crippen LogP contribution >= 0.6 is 15.9 Å². The van der Waals surface area contributed by atoms with Crippen molar-refractivity contribution in [1.82, 2.24) is 15.2 Å². The number of carbonyl (C=O) groups is 1. The molecule has 2 aromatic rings. The van der Waals surface area contributed by atoms with E-state index in [4.69, 9.17) is 0 Å². The molecule has 1 aliphatic heterocycles. The van der Waals surface area contributed by atoms with E-state index in [2.05, 4.69) is 61.3 Å². The minimum absolute atomic E-state index is 0.0956. The van der Waals surface area contributed by atoms with Crippen LogP contribution in [-0.2, 0) is 11.3 Å². The van der Waals surface area contributed by atoms with Gasteiger partial charge in [0.05, 0.1) is 0 Å². The smallest absolute Gasteiger partial charge is 0.224 e. The average molecular weight is 429 g/mol. The Hall–Kier alpha value is -1.92. The van der Waals surface area contributed by atoms with Crippen LogP contribution in [0.1, 0.15) is 23.5 Å². The molecule has 5 nitrogen and oxygen atoms in total. The maximum atomic E-state index is 12.5. The Morgan fingerprint density at radius 1 is 1.22 bits per heavy atom. The van der Waals surface area contributed by atoms with Crippen molar-refractivity contribution >= 4 is 27.7 Å². The van der Waals surface area contributed by atoms with E-state index < -0.39 is 0 Å². The summed E-state index contributed by atoms with van der Waals surface area (Å²) in [6, 6.07) is 12.4. The summed E-state index contributed by atoms with van der Waals surface area (Å²) >= 11 is 3.51. The number of nitrogens with zero attached hydrogens (tertiary/aromatic N) is 3. The summed E-state index contributed by atoms with van der Waals surface area (Å²) in [6.45, 7) is 4.66. The van der Waals surface area contributed by atoms with E-state index in [1.54, 1.807) is 0 Å². The van der Waals surface area contributed by atoms with E-state index in [1.165, 1.54) is 5.56 Å². The van der Waals surface area contributed by atoms with Gasteiger partial charge < -0.3 is 15.1 Å². The van der Waals surface area contributed by atoms with Crippen LogP contribution in [0.3, 0.4) is 0 Å². The molecule has 1 saturated heterocycles. The fourth-order valence-electron chi connectivity index (χ4n) is 3.69. The molecule has 0 radical (unpaired) electrons. The van der Waals surface area contributed by atoms with Gasteiger partial charge in [-0.15, -0.1) is 0 Å². The molecule has 0 bridgehead atoms. The number of aromatic nitrogens is 1. The Balaban J connectivity index is 1.31. The van der Waals surface area contributed by atoms with Crippen molar-refractivity contribution in [1.29, 1.82) is 0 Å². The zero-order valence-corrected chi connectivity index (χ0v) is 17.2. The summed E-state index contributed by atoms with van der Waals surface area (Å²) in [5, 5.41) is 3.11. The van der Waals surface area contributed by atoms with E-state index in [-0.39, 0.29) is 11.8 Å². The third-order valence-electron chi connectivity index (χ3n) is 5.51. The van der Waals surface area contributed by atoms with Gasteiger partial charge >= 0.3 is 0 Å². The second-order valence-electron chi connectivity index (χ2n) is 7.53. The first kappa shape index (κ1) is 18.4. The molecular formula is C21H25BrN4O. The Bertz CT molecular complexity index is 819. The highest BCUT2D eigenvalue weighted by Crippen LogP contribution is 2.47. The van der Waals surface area contributed by atoms with E-state index in [1.807, 2.05) is 24.4 Å². The van der Waals surface area contributed by atoms with Crippen molar-refractivity contribution < 1.29 is 4.79 Å². The van der Waals surface area contributed by atoms with Gasteiger partial charge in [0.2, 0.25) is 5.91 Å². The maximum Gasteiger partial charge on any atom is 0.224 e. The zero-order chi connectivity index (χ0) is 18.8. The molecule has 1 amide bonds. The number of amides is 1. The highest BCUT2D eigenvalue weighted by molar-refractivity contribution is 9.10. The first-order chi connectivity index (χ1) is 13.1. The lowest BCUT2D eigenvalue weighted by Crippen LogP contribution is -2.44. The largest absolute Gasteiger partial charge is 0.354 e. The highest BCUT2D eigenvalue weighted by Gasteiger charge is 2.43. The van der Waals surface area contributed by atoms with Crippen LogP contribution in [0, 0.1) is 5.92 Å². The summed E-state index contributed by atoms with van der Waals surface area (Å²) in [7, 11) is 2.15. The number of likely N-dealkylation sites (N-methyl/N-ethyl adjacent to an activating group) is 1. The molecule has 142 valence electrons. The van der Waals surface area contributed by atoms with Gasteiger partial charge in [0.25, 0.3) is 0 Å². The van der Waals surface area contributed by atoms with Crippen LogP contribution in [0.2, 0.25) is 0 Å². The first-order valence-electron chi connectivity index (χ1n) is 9.52. The van der Waals surface area contributed by atoms with Gasteiger partial charge in [0, 0.05) is 49.3 Å². The van der Waals surface area contributed by atoms with Gasteiger partial charge in [-0.3, -0.25) is 4.79 Å². The minimum Gasteiger partial charge on any atom is -0.354 e. The van der Waals surface area contributed by atoms with Crippen LogP contribution in [0.5, 0.6) is 0 Å². The summed E-state index contributed by atoms with van der Waals surface area (Å²) in [5.41, 5.74) is 2.35. The average Bonchev–Trinajstić information content (AvgIpc) is 3.48. The SMILES string of the molecule is CN1CCN(c2cc(CNC(=O)C3CC3c3cccc(Br)c3)ccn2)CC1. The highest BCUT2D eigenvalue weighted by atomic mass is 79.9. The van der Waals surface area contributed by atoms with Crippen molar-refractivity contribution in [3.63, 3.8) is 0 Å². The predicted octanol–water partition coefficient (Wildman–Crippen LogP) is 3.02. The van der Waals surface area contributed by atoms with E-state index in [0.29, 0.717) is 12.5 Å². The zero-order valence-electron chi connectivity index (χ0n) is 15.6. The molecule has 27 heavy (non-hydrogen) atoms. The molecule has 2 unspecified atom stereocenters. The summed E-state index contributed by atoms with van der Waals surface area (Å²) in [6.07, 6.45) is 2.78. The number of piperazine rings is 1. The Morgan fingerprint density at radius 3 is 2.81 bits per heavy atom. The normalized spacial score (nSPS) is 22.5. The number of nitrogens with one attached hydrogen (secondary N) is 1. The van der Waals surface area contributed by atoms with Crippen LogP contribution in [0.4, 0.5) is 5.82 Å². The molecule has 2 atom stereocenters. The second-order valence-corrected chi connectivity index (χ2v) is 8.45. The third-order valence-corrected chi connectivity index (χ3v) is 6.00. The predicted molar refractivity (Wildman–Crippen MR) is 111 cm³/mol. The Morgan fingerprint density at radius 2 is 2.04 bits per heavy atom. The van der Waals surface area contributed by atoms with Crippen LogP contribution in [0.25, 0.3) is 0 Å². The molecule has 6 heteroatoms. The van der Waals surface area contributed by atoms with E-state index in [9.17, 15) is 4.79 Å². The van der Waals surface area contributed by atoms with E-state index in [0.717, 1.165) is 48.5 Å². The van der Waals surface area contributed by atoms with Crippen molar-refractivity contribution in [3.8, 4) is 0 Å². The fraction of sp³-hybridized carbons (Fsp3) is 0.429. The topological polar surface area (TPSA) is 48.5 Å². The van der Waals surface area contributed by atoms with Crippen molar-refractivity contribution in [2.45, 2.75) is 18.9 Å². The number of halogens is 1. The third kappa shape index (κ3) is 4.50. The quantitative estimate of drug-likeness (QED) is 0.794. The number of anilines is 1. The summed E-state index contributed by atoms with van der Waals surface area (Å²) in [5.74, 6) is 1.60. The van der Waals surface area contributed by atoms with Crippen LogP contribution in [-0.4, -0.2) is 49.0 Å². The molecule has 1 aromatic heterocycles. The molecule has 4 rings (SSSR count). The lowest BCUT2D eigenvalue weighted by atomic mass is 10.1. The Kier molecular flexibility index (Phi) is 5.45. The van der Waals surface area contributed by atoms with Crippen molar-refractivity contribution in [2.24, 2.45) is 5.92 Å². The number of hydrogen-bond acceptors (Lipinski definition) is 4. The molecule has 2 fully saturated rings. The van der Waals surface area contributed by atoms with Gasteiger partial charge in [0.1, 0.15) is 5.82 Å². The van der Waals surface area contributed by atoms with Gasteiger partial charge in [-0.2, -0.15) is 0 Å². The minimum atomic E-state index is 0.0956. The lowest BCUT2D eigenvalue weighted by molar-refractivity contribution is -0.122. The second kappa shape index (κ2) is 7.98. The number of benzene rings is 1. The number of pyridine rings is 1. The monoisotopic (exact) mass is 428 g/mol. The number of rotatable bonds is 5. The van der Waals surface area contributed by atoms with Gasteiger partial charge in [-0.05, 0) is 54.8 Å². The van der Waals surface area contributed by atoms with Gasteiger partial charge in [-0.1, -0.05) is 28.1 Å².